The molecule has 104 valence electrons. The Hall–Kier alpha value is -2.07. The van der Waals surface area contributed by atoms with Crippen molar-refractivity contribution in [2.24, 2.45) is 5.73 Å². The number of aromatic nitrogens is 2. The molecule has 4 heteroatoms. The monoisotopic (exact) mass is 269 g/mol. The molecular weight excluding hydrogens is 250 g/mol. The lowest BCUT2D eigenvalue weighted by molar-refractivity contribution is 0.507. The second-order valence-corrected chi connectivity index (χ2v) is 5.01. The van der Waals surface area contributed by atoms with Gasteiger partial charge in [0.15, 0.2) is 0 Å². The standard InChI is InChI=1S/C16H19N3O/c17-9-1-3-12-5-7-14-15(11-12)19-16(18-14)8-6-13-4-2-10-20-13/h2,4-5,7,10-11H,1,3,6,8-9,17H2,(H,18,19). The molecule has 0 radical (unpaired) electrons. The fourth-order valence-electron chi connectivity index (χ4n) is 2.39. The number of nitrogens with two attached hydrogens (primary N) is 1. The highest BCUT2D eigenvalue weighted by Gasteiger charge is 2.05. The molecule has 0 aliphatic carbocycles. The third-order valence-electron chi connectivity index (χ3n) is 3.45. The number of nitrogens with zero attached hydrogens (tertiary/aromatic N) is 1. The Morgan fingerprint density at radius 1 is 1.15 bits per heavy atom. The average Bonchev–Trinajstić information content (AvgIpc) is 3.11. The number of hydrogen-bond donors (Lipinski definition) is 2. The number of aryl methyl sites for hydroxylation is 3. The van der Waals surface area contributed by atoms with Crippen molar-refractivity contribution in [1.82, 2.24) is 9.97 Å². The summed E-state index contributed by atoms with van der Waals surface area (Å²) in [5, 5.41) is 0. The zero-order chi connectivity index (χ0) is 13.8. The zero-order valence-electron chi connectivity index (χ0n) is 11.4. The first-order valence-electron chi connectivity index (χ1n) is 7.05. The summed E-state index contributed by atoms with van der Waals surface area (Å²) in [6, 6.07) is 10.3. The summed E-state index contributed by atoms with van der Waals surface area (Å²) in [5.41, 5.74) is 8.99. The summed E-state index contributed by atoms with van der Waals surface area (Å²) >= 11 is 0. The first-order valence-corrected chi connectivity index (χ1v) is 7.05. The SMILES string of the molecule is NCCCc1ccc2nc(CCc3ccco3)[nH]c2c1. The number of furan rings is 1. The molecule has 0 aliphatic rings. The van der Waals surface area contributed by atoms with Crippen molar-refractivity contribution in [1.29, 1.82) is 0 Å². The molecule has 4 nitrogen and oxygen atoms in total. The highest BCUT2D eigenvalue weighted by Crippen LogP contribution is 2.16. The van der Waals surface area contributed by atoms with E-state index in [2.05, 4.69) is 28.2 Å². The van der Waals surface area contributed by atoms with E-state index in [4.69, 9.17) is 10.2 Å². The van der Waals surface area contributed by atoms with Crippen LogP contribution in [-0.2, 0) is 19.3 Å². The van der Waals surface area contributed by atoms with E-state index in [-0.39, 0.29) is 0 Å². The van der Waals surface area contributed by atoms with Gasteiger partial charge in [-0.15, -0.1) is 0 Å². The summed E-state index contributed by atoms with van der Waals surface area (Å²) in [6.07, 6.45) is 5.48. The third-order valence-corrected chi connectivity index (χ3v) is 3.45. The van der Waals surface area contributed by atoms with E-state index in [0.717, 1.165) is 54.8 Å². The van der Waals surface area contributed by atoms with Gasteiger partial charge in [-0.05, 0) is 49.2 Å². The number of hydrogen-bond acceptors (Lipinski definition) is 3. The first-order chi connectivity index (χ1) is 9.85. The largest absolute Gasteiger partial charge is 0.469 e. The minimum atomic E-state index is 0.732. The Bertz CT molecular complexity index is 670. The predicted octanol–water partition coefficient (Wildman–Crippen LogP) is 2.83. The molecule has 1 aromatic carbocycles. The van der Waals surface area contributed by atoms with Crippen molar-refractivity contribution in [2.45, 2.75) is 25.7 Å². The second-order valence-electron chi connectivity index (χ2n) is 5.01. The van der Waals surface area contributed by atoms with Gasteiger partial charge in [0.25, 0.3) is 0 Å². The normalized spacial score (nSPS) is 11.2. The van der Waals surface area contributed by atoms with Crippen molar-refractivity contribution < 1.29 is 4.42 Å². The number of nitrogens with one attached hydrogen (secondary N) is 1. The quantitative estimate of drug-likeness (QED) is 0.723. The van der Waals surface area contributed by atoms with E-state index in [1.807, 2.05) is 12.1 Å². The molecular formula is C16H19N3O. The van der Waals surface area contributed by atoms with E-state index in [9.17, 15) is 0 Å². The van der Waals surface area contributed by atoms with E-state index in [0.29, 0.717) is 0 Å². The van der Waals surface area contributed by atoms with E-state index < -0.39 is 0 Å². The van der Waals surface area contributed by atoms with Gasteiger partial charge in [-0.1, -0.05) is 6.07 Å². The van der Waals surface area contributed by atoms with Crippen LogP contribution in [0, 0.1) is 0 Å². The van der Waals surface area contributed by atoms with Gasteiger partial charge in [-0.3, -0.25) is 0 Å². The smallest absolute Gasteiger partial charge is 0.107 e. The molecule has 20 heavy (non-hydrogen) atoms. The maximum atomic E-state index is 5.55. The zero-order valence-corrected chi connectivity index (χ0v) is 11.4. The maximum absolute atomic E-state index is 5.55. The molecule has 0 saturated carbocycles. The molecule has 3 rings (SSSR count). The summed E-state index contributed by atoms with van der Waals surface area (Å²) in [7, 11) is 0. The fraction of sp³-hybridized carbons (Fsp3) is 0.312. The summed E-state index contributed by atoms with van der Waals surface area (Å²) < 4.78 is 5.34. The summed E-state index contributed by atoms with van der Waals surface area (Å²) in [6.45, 7) is 0.732. The molecule has 0 unspecified atom stereocenters. The van der Waals surface area contributed by atoms with Crippen LogP contribution in [-0.4, -0.2) is 16.5 Å². The molecule has 2 heterocycles. The predicted molar refractivity (Wildman–Crippen MR) is 79.6 cm³/mol. The topological polar surface area (TPSA) is 67.8 Å². The van der Waals surface area contributed by atoms with E-state index in [1.165, 1.54) is 5.56 Å². The Morgan fingerprint density at radius 2 is 2.10 bits per heavy atom. The minimum Gasteiger partial charge on any atom is -0.469 e. The van der Waals surface area contributed by atoms with Crippen molar-refractivity contribution in [3.8, 4) is 0 Å². The lowest BCUT2D eigenvalue weighted by Crippen LogP contribution is -2.00. The molecule has 0 spiro atoms. The number of imidazole rings is 1. The molecule has 0 aliphatic heterocycles. The molecule has 0 amide bonds. The van der Waals surface area contributed by atoms with Gasteiger partial charge in [0, 0.05) is 12.8 Å². The number of rotatable bonds is 6. The van der Waals surface area contributed by atoms with Crippen molar-refractivity contribution in [2.75, 3.05) is 6.54 Å². The van der Waals surface area contributed by atoms with Crippen LogP contribution in [0.1, 0.15) is 23.6 Å². The van der Waals surface area contributed by atoms with Crippen molar-refractivity contribution >= 4 is 11.0 Å². The number of H-pyrrole nitrogens is 1. The molecule has 0 saturated heterocycles. The van der Waals surface area contributed by atoms with Gasteiger partial charge in [0.1, 0.15) is 11.6 Å². The van der Waals surface area contributed by atoms with Gasteiger partial charge in [-0.2, -0.15) is 0 Å². The molecule has 3 aromatic rings. The van der Waals surface area contributed by atoms with Crippen LogP contribution < -0.4 is 5.73 Å². The molecule has 0 bridgehead atoms. The van der Waals surface area contributed by atoms with Gasteiger partial charge in [0.05, 0.1) is 17.3 Å². The Labute approximate surface area is 118 Å². The molecule has 0 fully saturated rings. The van der Waals surface area contributed by atoms with Crippen LogP contribution in [0.4, 0.5) is 0 Å². The van der Waals surface area contributed by atoms with Crippen molar-refractivity contribution in [3.63, 3.8) is 0 Å². The van der Waals surface area contributed by atoms with Crippen LogP contribution >= 0.6 is 0 Å². The van der Waals surface area contributed by atoms with Gasteiger partial charge in [0.2, 0.25) is 0 Å². The number of fused-ring (bicyclic) bond motifs is 1. The van der Waals surface area contributed by atoms with E-state index in [1.54, 1.807) is 6.26 Å². The Balaban J connectivity index is 1.72. The first kappa shape index (κ1) is 12.9. The highest BCUT2D eigenvalue weighted by molar-refractivity contribution is 5.75. The summed E-state index contributed by atoms with van der Waals surface area (Å²) in [5.74, 6) is 2.00. The summed E-state index contributed by atoms with van der Waals surface area (Å²) in [4.78, 5) is 8.00. The van der Waals surface area contributed by atoms with Gasteiger partial charge >= 0.3 is 0 Å². The maximum Gasteiger partial charge on any atom is 0.107 e. The average molecular weight is 269 g/mol. The van der Waals surface area contributed by atoms with Crippen LogP contribution in [0.5, 0.6) is 0 Å². The second kappa shape index (κ2) is 5.92. The van der Waals surface area contributed by atoms with Gasteiger partial charge in [-0.25, -0.2) is 4.98 Å². The van der Waals surface area contributed by atoms with Crippen LogP contribution in [0.3, 0.4) is 0 Å². The lowest BCUT2D eigenvalue weighted by Gasteiger charge is -1.98. The van der Waals surface area contributed by atoms with E-state index >= 15 is 0 Å². The number of aromatic amines is 1. The van der Waals surface area contributed by atoms with Crippen LogP contribution in [0.25, 0.3) is 11.0 Å². The molecule has 3 N–H and O–H groups in total. The third kappa shape index (κ3) is 2.91. The van der Waals surface area contributed by atoms with Crippen LogP contribution in [0.2, 0.25) is 0 Å². The minimum absolute atomic E-state index is 0.732. The highest BCUT2D eigenvalue weighted by atomic mass is 16.3. The fourth-order valence-corrected chi connectivity index (χ4v) is 2.39. The molecule has 0 atom stereocenters. The molecule has 2 aromatic heterocycles. The number of benzene rings is 1. The Morgan fingerprint density at radius 3 is 2.90 bits per heavy atom. The van der Waals surface area contributed by atoms with Gasteiger partial charge < -0.3 is 15.1 Å². The van der Waals surface area contributed by atoms with Crippen molar-refractivity contribution in [3.05, 3.63) is 53.7 Å². The lowest BCUT2D eigenvalue weighted by atomic mass is 10.1. The Kier molecular flexibility index (Phi) is 3.83. The van der Waals surface area contributed by atoms with Crippen LogP contribution in [0.15, 0.2) is 41.0 Å².